The van der Waals surface area contributed by atoms with Crippen molar-refractivity contribution in [1.82, 2.24) is 14.7 Å². The summed E-state index contributed by atoms with van der Waals surface area (Å²) < 4.78 is 5.56. The van der Waals surface area contributed by atoms with Crippen LogP contribution in [0.25, 0.3) is 0 Å². The van der Waals surface area contributed by atoms with Crippen molar-refractivity contribution in [2.24, 2.45) is 5.41 Å². The minimum atomic E-state index is 0.459. The first-order valence-electron chi connectivity index (χ1n) is 7.76. The van der Waals surface area contributed by atoms with Gasteiger partial charge in [-0.2, -0.15) is 4.37 Å². The summed E-state index contributed by atoms with van der Waals surface area (Å²) in [5.74, 6) is 0.991. The second-order valence-electron chi connectivity index (χ2n) is 6.45. The van der Waals surface area contributed by atoms with Crippen molar-refractivity contribution in [1.29, 1.82) is 0 Å². The van der Waals surface area contributed by atoms with Gasteiger partial charge in [0.25, 0.3) is 0 Å². The number of aromatic nitrogens is 2. The quantitative estimate of drug-likeness (QED) is 0.856. The Morgan fingerprint density at radius 3 is 2.85 bits per heavy atom. The van der Waals surface area contributed by atoms with Crippen molar-refractivity contribution < 1.29 is 0 Å². The average molecular weight is 314 g/mol. The van der Waals surface area contributed by atoms with E-state index >= 15 is 0 Å². The Balaban J connectivity index is 2.02. The first-order chi connectivity index (χ1) is 9.54. The Kier molecular flexibility index (Phi) is 5.87. The van der Waals surface area contributed by atoms with Crippen molar-refractivity contribution in [3.05, 3.63) is 5.82 Å². The lowest BCUT2D eigenvalue weighted by molar-refractivity contribution is 0.214. The number of thioether (sulfide) groups is 1. The van der Waals surface area contributed by atoms with Crippen LogP contribution in [-0.4, -0.2) is 27.2 Å². The first kappa shape index (κ1) is 16.2. The van der Waals surface area contributed by atoms with Gasteiger partial charge in [0.2, 0.25) is 0 Å². The average Bonchev–Trinajstić information content (AvgIpc) is 2.85. The smallest absolute Gasteiger partial charge is 0.170 e. The van der Waals surface area contributed by atoms with Crippen LogP contribution in [0.1, 0.15) is 59.2 Å². The van der Waals surface area contributed by atoms with Gasteiger partial charge in [-0.15, -0.1) is 0 Å². The Labute approximate surface area is 131 Å². The molecule has 114 valence electrons. The molecular weight excluding hydrogens is 286 g/mol. The second-order valence-corrected chi connectivity index (χ2v) is 8.69. The predicted octanol–water partition coefficient (Wildman–Crippen LogP) is 4.14. The van der Waals surface area contributed by atoms with Gasteiger partial charge in [0.15, 0.2) is 4.34 Å². The lowest BCUT2D eigenvalue weighted by Gasteiger charge is -2.40. The van der Waals surface area contributed by atoms with Crippen molar-refractivity contribution in [2.75, 3.05) is 6.54 Å². The highest BCUT2D eigenvalue weighted by molar-refractivity contribution is 8.01. The number of nitrogens with one attached hydrogen (secondary N) is 1. The number of aryl methyl sites for hydroxylation is 1. The molecule has 5 heteroatoms. The summed E-state index contributed by atoms with van der Waals surface area (Å²) in [5, 5.41) is 4.36. The van der Waals surface area contributed by atoms with Gasteiger partial charge in [0, 0.05) is 17.7 Å². The molecule has 0 amide bonds. The summed E-state index contributed by atoms with van der Waals surface area (Å²) in [5.41, 5.74) is 0.459. The third-order valence-electron chi connectivity index (χ3n) is 4.01. The lowest BCUT2D eigenvalue weighted by atomic mass is 9.75. The van der Waals surface area contributed by atoms with Gasteiger partial charge in [-0.1, -0.05) is 39.5 Å². The molecule has 0 bridgehead atoms. The van der Waals surface area contributed by atoms with Crippen LogP contribution in [0.5, 0.6) is 0 Å². The maximum atomic E-state index is 4.63. The molecular formula is C15H27N3S2. The zero-order valence-corrected chi connectivity index (χ0v) is 14.7. The van der Waals surface area contributed by atoms with E-state index in [1.807, 2.05) is 11.8 Å². The van der Waals surface area contributed by atoms with Gasteiger partial charge < -0.3 is 5.32 Å². The normalized spacial score (nSPS) is 25.8. The molecule has 0 aromatic carbocycles. The van der Waals surface area contributed by atoms with Crippen molar-refractivity contribution in [3.63, 3.8) is 0 Å². The molecule has 1 aliphatic rings. The van der Waals surface area contributed by atoms with Gasteiger partial charge in [-0.05, 0) is 49.2 Å². The van der Waals surface area contributed by atoms with Crippen molar-refractivity contribution >= 4 is 23.3 Å². The maximum Gasteiger partial charge on any atom is 0.170 e. The molecule has 2 rings (SSSR count). The molecule has 1 fully saturated rings. The summed E-state index contributed by atoms with van der Waals surface area (Å²) >= 11 is 3.51. The van der Waals surface area contributed by atoms with Gasteiger partial charge in [-0.25, -0.2) is 4.98 Å². The van der Waals surface area contributed by atoms with Gasteiger partial charge >= 0.3 is 0 Å². The van der Waals surface area contributed by atoms with Crippen molar-refractivity contribution in [2.45, 2.75) is 75.4 Å². The summed E-state index contributed by atoms with van der Waals surface area (Å²) in [6.45, 7) is 10.3. The third kappa shape index (κ3) is 4.43. The zero-order chi connectivity index (χ0) is 14.6. The number of hydrogen-bond donors (Lipinski definition) is 1. The monoisotopic (exact) mass is 313 g/mol. The van der Waals surface area contributed by atoms with E-state index in [4.69, 9.17) is 0 Å². The molecule has 0 spiro atoms. The van der Waals surface area contributed by atoms with Crippen LogP contribution in [0.2, 0.25) is 0 Å². The highest BCUT2D eigenvalue weighted by Gasteiger charge is 2.35. The van der Waals surface area contributed by atoms with Crippen LogP contribution >= 0.6 is 23.3 Å². The van der Waals surface area contributed by atoms with Crippen LogP contribution in [0.3, 0.4) is 0 Å². The molecule has 2 unspecified atom stereocenters. The number of nitrogens with zero attached hydrogens (tertiary/aromatic N) is 2. The van der Waals surface area contributed by atoms with E-state index < -0.39 is 0 Å². The standard InChI is InChI=1S/C15H27N3S2/c1-5-9-16-11-7-8-15(3,4)10-12(11)19-14-17-13(6-2)18-20-14/h11-12,16H,5-10H2,1-4H3. The van der Waals surface area contributed by atoms with Gasteiger partial charge in [-0.3, -0.25) is 0 Å². The molecule has 0 aliphatic heterocycles. The predicted molar refractivity (Wildman–Crippen MR) is 88.6 cm³/mol. The summed E-state index contributed by atoms with van der Waals surface area (Å²) in [6, 6.07) is 0.627. The Hall–Kier alpha value is -0.130. The number of hydrogen-bond acceptors (Lipinski definition) is 5. The van der Waals surface area contributed by atoms with Gasteiger partial charge in [0.1, 0.15) is 5.82 Å². The molecule has 2 atom stereocenters. The molecule has 1 N–H and O–H groups in total. The summed E-state index contributed by atoms with van der Waals surface area (Å²) in [6.07, 6.45) is 6.01. The zero-order valence-electron chi connectivity index (χ0n) is 13.1. The van der Waals surface area contributed by atoms with E-state index in [1.54, 1.807) is 11.5 Å². The minimum Gasteiger partial charge on any atom is -0.313 e. The molecule has 1 saturated carbocycles. The highest BCUT2D eigenvalue weighted by Crippen LogP contribution is 2.43. The van der Waals surface area contributed by atoms with Crippen LogP contribution in [0, 0.1) is 5.41 Å². The van der Waals surface area contributed by atoms with E-state index in [0.717, 1.165) is 23.1 Å². The number of rotatable bonds is 6. The van der Waals surface area contributed by atoms with E-state index in [1.165, 1.54) is 25.7 Å². The molecule has 1 aromatic rings. The fraction of sp³-hybridized carbons (Fsp3) is 0.867. The van der Waals surface area contributed by atoms with Crippen LogP contribution < -0.4 is 5.32 Å². The van der Waals surface area contributed by atoms with E-state index in [0.29, 0.717) is 16.7 Å². The third-order valence-corrected chi connectivity index (χ3v) is 6.16. The van der Waals surface area contributed by atoms with Crippen LogP contribution in [0.15, 0.2) is 4.34 Å². The van der Waals surface area contributed by atoms with Crippen LogP contribution in [-0.2, 0) is 6.42 Å². The van der Waals surface area contributed by atoms with E-state index in [9.17, 15) is 0 Å². The molecule has 1 heterocycles. The fourth-order valence-corrected chi connectivity index (χ4v) is 5.27. The van der Waals surface area contributed by atoms with Crippen LogP contribution in [0.4, 0.5) is 0 Å². The topological polar surface area (TPSA) is 37.8 Å². The summed E-state index contributed by atoms with van der Waals surface area (Å²) in [7, 11) is 0. The molecule has 1 aromatic heterocycles. The molecule has 20 heavy (non-hydrogen) atoms. The SMILES string of the molecule is CCCNC1CCC(C)(C)CC1Sc1nc(CC)ns1. The maximum absolute atomic E-state index is 4.63. The largest absolute Gasteiger partial charge is 0.313 e. The minimum absolute atomic E-state index is 0.459. The molecule has 1 aliphatic carbocycles. The van der Waals surface area contributed by atoms with E-state index in [-0.39, 0.29) is 0 Å². The van der Waals surface area contributed by atoms with Crippen molar-refractivity contribution in [3.8, 4) is 0 Å². The summed E-state index contributed by atoms with van der Waals surface area (Å²) in [4.78, 5) is 4.63. The molecule has 3 nitrogen and oxygen atoms in total. The second kappa shape index (κ2) is 7.23. The Morgan fingerprint density at radius 2 is 2.20 bits per heavy atom. The molecule has 0 radical (unpaired) electrons. The Morgan fingerprint density at radius 1 is 1.40 bits per heavy atom. The Bertz CT molecular complexity index is 417. The van der Waals surface area contributed by atoms with Gasteiger partial charge in [0.05, 0.1) is 0 Å². The lowest BCUT2D eigenvalue weighted by Crippen LogP contribution is -2.45. The first-order valence-corrected chi connectivity index (χ1v) is 9.42. The fourth-order valence-electron chi connectivity index (χ4n) is 2.77. The highest BCUT2D eigenvalue weighted by atomic mass is 32.2. The van der Waals surface area contributed by atoms with E-state index in [2.05, 4.69) is 42.4 Å². The molecule has 0 saturated heterocycles.